The zero-order valence-corrected chi connectivity index (χ0v) is 9.21. The number of hydrogen-bond donors (Lipinski definition) is 2. The second-order valence-corrected chi connectivity index (χ2v) is 3.20. The summed E-state index contributed by atoms with van der Waals surface area (Å²) in [5.41, 5.74) is 5.43. The molecule has 0 aliphatic rings. The van der Waals surface area contributed by atoms with E-state index in [4.69, 9.17) is 10.5 Å². The topological polar surface area (TPSA) is 64.3 Å². The lowest BCUT2D eigenvalue weighted by atomic mass is 10.1. The van der Waals surface area contributed by atoms with Gasteiger partial charge in [0.2, 0.25) is 5.91 Å². The Labute approximate surface area is 86.2 Å². The highest BCUT2D eigenvalue weighted by Gasteiger charge is 2.08. The van der Waals surface area contributed by atoms with Gasteiger partial charge in [0.25, 0.3) is 0 Å². The Morgan fingerprint density at radius 1 is 1.50 bits per heavy atom. The molecule has 4 nitrogen and oxygen atoms in total. The number of ether oxygens (including phenoxy) is 1. The van der Waals surface area contributed by atoms with Crippen LogP contribution in [-0.4, -0.2) is 31.7 Å². The Kier molecular flexibility index (Phi) is 8.57. The van der Waals surface area contributed by atoms with Gasteiger partial charge in [0.1, 0.15) is 0 Å². The van der Waals surface area contributed by atoms with Crippen LogP contribution in [-0.2, 0) is 9.53 Å². The molecule has 0 aromatic heterocycles. The van der Waals surface area contributed by atoms with Gasteiger partial charge >= 0.3 is 0 Å². The minimum absolute atomic E-state index is 0.0544. The maximum absolute atomic E-state index is 11.3. The molecule has 0 bridgehead atoms. The first-order valence-electron chi connectivity index (χ1n) is 5.31. The Balaban J connectivity index is 3.56. The fourth-order valence-corrected chi connectivity index (χ4v) is 1.19. The normalized spacial score (nSPS) is 12.5. The van der Waals surface area contributed by atoms with Crippen molar-refractivity contribution >= 4 is 5.91 Å². The fourth-order valence-electron chi connectivity index (χ4n) is 1.19. The number of nitrogens with two attached hydrogens (primary N) is 1. The van der Waals surface area contributed by atoms with E-state index in [2.05, 4.69) is 5.32 Å². The van der Waals surface area contributed by atoms with Crippen LogP contribution in [0.4, 0.5) is 0 Å². The number of amides is 1. The zero-order valence-electron chi connectivity index (χ0n) is 9.21. The van der Waals surface area contributed by atoms with Crippen LogP contribution >= 0.6 is 0 Å². The molecule has 0 fully saturated rings. The zero-order chi connectivity index (χ0) is 10.8. The Hall–Kier alpha value is -0.610. The number of hydrogen-bond acceptors (Lipinski definition) is 3. The van der Waals surface area contributed by atoms with Crippen LogP contribution in [0.15, 0.2) is 0 Å². The Bertz CT molecular complexity index is 151. The van der Waals surface area contributed by atoms with Crippen LogP contribution in [0.3, 0.4) is 0 Å². The molecule has 4 heteroatoms. The Morgan fingerprint density at radius 2 is 2.21 bits per heavy atom. The van der Waals surface area contributed by atoms with Crippen molar-refractivity contribution < 1.29 is 9.53 Å². The number of nitrogens with one attached hydrogen (secondary N) is 1. The number of carbonyl (C=O) groups is 1. The molecule has 84 valence electrons. The van der Waals surface area contributed by atoms with Crippen molar-refractivity contribution in [3.63, 3.8) is 0 Å². The van der Waals surface area contributed by atoms with Gasteiger partial charge in [-0.25, -0.2) is 0 Å². The van der Waals surface area contributed by atoms with E-state index in [0.717, 1.165) is 12.8 Å². The van der Waals surface area contributed by atoms with E-state index in [1.54, 1.807) is 0 Å². The third-order valence-electron chi connectivity index (χ3n) is 2.05. The molecule has 0 radical (unpaired) electrons. The molecule has 14 heavy (non-hydrogen) atoms. The van der Waals surface area contributed by atoms with Crippen molar-refractivity contribution in [3.8, 4) is 0 Å². The highest BCUT2D eigenvalue weighted by Crippen LogP contribution is 1.96. The largest absolute Gasteiger partial charge is 0.381 e. The highest BCUT2D eigenvalue weighted by molar-refractivity contribution is 5.76. The standard InChI is InChI=1S/C10H22N2O2/c1-3-9(5-7-11)12-10(13)6-8-14-4-2/h9H,3-8,11H2,1-2H3,(H,12,13). The van der Waals surface area contributed by atoms with E-state index < -0.39 is 0 Å². The van der Waals surface area contributed by atoms with E-state index in [9.17, 15) is 4.79 Å². The SMILES string of the molecule is CCOCCC(=O)NC(CC)CCN. The van der Waals surface area contributed by atoms with Gasteiger partial charge in [-0.3, -0.25) is 4.79 Å². The summed E-state index contributed by atoms with van der Waals surface area (Å²) in [5.74, 6) is 0.0544. The third kappa shape index (κ3) is 6.86. The molecular formula is C10H22N2O2. The molecule has 1 atom stereocenters. The number of carbonyl (C=O) groups excluding carboxylic acids is 1. The monoisotopic (exact) mass is 202 g/mol. The molecule has 0 saturated carbocycles. The van der Waals surface area contributed by atoms with Gasteiger partial charge in [0.05, 0.1) is 6.61 Å². The van der Waals surface area contributed by atoms with Crippen LogP contribution in [0, 0.1) is 0 Å². The molecule has 1 amide bonds. The highest BCUT2D eigenvalue weighted by atomic mass is 16.5. The van der Waals surface area contributed by atoms with Crippen LogP contribution in [0.2, 0.25) is 0 Å². The van der Waals surface area contributed by atoms with Gasteiger partial charge in [-0.2, -0.15) is 0 Å². The van der Waals surface area contributed by atoms with Crippen molar-refractivity contribution in [2.45, 2.75) is 39.2 Å². The summed E-state index contributed by atoms with van der Waals surface area (Å²) in [6.07, 6.45) is 2.21. The van der Waals surface area contributed by atoms with E-state index in [1.807, 2.05) is 13.8 Å². The fraction of sp³-hybridized carbons (Fsp3) is 0.900. The summed E-state index contributed by atoms with van der Waals surface area (Å²) in [6, 6.07) is 0.217. The predicted octanol–water partition coefficient (Wildman–Crippen LogP) is 0.657. The van der Waals surface area contributed by atoms with Gasteiger partial charge in [-0.1, -0.05) is 6.92 Å². The first kappa shape index (κ1) is 13.4. The molecule has 0 aliphatic carbocycles. The second-order valence-electron chi connectivity index (χ2n) is 3.20. The van der Waals surface area contributed by atoms with E-state index in [1.165, 1.54) is 0 Å². The average Bonchev–Trinajstić information content (AvgIpc) is 2.17. The summed E-state index contributed by atoms with van der Waals surface area (Å²) in [5, 5.41) is 2.93. The summed E-state index contributed by atoms with van der Waals surface area (Å²) < 4.78 is 5.09. The van der Waals surface area contributed by atoms with Crippen molar-refractivity contribution in [1.29, 1.82) is 0 Å². The smallest absolute Gasteiger partial charge is 0.222 e. The van der Waals surface area contributed by atoms with Crippen LogP contribution in [0.25, 0.3) is 0 Å². The number of rotatable bonds is 8. The first-order valence-corrected chi connectivity index (χ1v) is 5.31. The maximum atomic E-state index is 11.3. The second kappa shape index (κ2) is 8.97. The lowest BCUT2D eigenvalue weighted by molar-refractivity contribution is -0.122. The van der Waals surface area contributed by atoms with Crippen LogP contribution in [0.1, 0.15) is 33.1 Å². The van der Waals surface area contributed by atoms with E-state index in [0.29, 0.717) is 26.2 Å². The van der Waals surface area contributed by atoms with Gasteiger partial charge in [0, 0.05) is 19.1 Å². The lowest BCUT2D eigenvalue weighted by Gasteiger charge is -2.15. The van der Waals surface area contributed by atoms with E-state index >= 15 is 0 Å². The van der Waals surface area contributed by atoms with Crippen LogP contribution in [0.5, 0.6) is 0 Å². The first-order chi connectivity index (χ1) is 6.74. The molecule has 1 unspecified atom stereocenters. The van der Waals surface area contributed by atoms with Crippen molar-refractivity contribution in [2.24, 2.45) is 5.73 Å². The summed E-state index contributed by atoms with van der Waals surface area (Å²) >= 11 is 0. The van der Waals surface area contributed by atoms with E-state index in [-0.39, 0.29) is 11.9 Å². The molecule has 3 N–H and O–H groups in total. The van der Waals surface area contributed by atoms with Gasteiger partial charge in [-0.15, -0.1) is 0 Å². The Morgan fingerprint density at radius 3 is 2.71 bits per heavy atom. The molecule has 0 aliphatic heterocycles. The summed E-state index contributed by atoms with van der Waals surface area (Å²) in [6.45, 7) is 5.74. The van der Waals surface area contributed by atoms with Gasteiger partial charge in [-0.05, 0) is 26.3 Å². The predicted molar refractivity (Wildman–Crippen MR) is 57.0 cm³/mol. The van der Waals surface area contributed by atoms with Crippen LogP contribution < -0.4 is 11.1 Å². The maximum Gasteiger partial charge on any atom is 0.222 e. The van der Waals surface area contributed by atoms with Gasteiger partial charge < -0.3 is 15.8 Å². The summed E-state index contributed by atoms with van der Waals surface area (Å²) in [4.78, 5) is 11.3. The molecule has 0 aromatic rings. The molecule has 0 spiro atoms. The van der Waals surface area contributed by atoms with Crippen molar-refractivity contribution in [1.82, 2.24) is 5.32 Å². The lowest BCUT2D eigenvalue weighted by Crippen LogP contribution is -2.36. The van der Waals surface area contributed by atoms with Crippen molar-refractivity contribution in [3.05, 3.63) is 0 Å². The molecular weight excluding hydrogens is 180 g/mol. The third-order valence-corrected chi connectivity index (χ3v) is 2.05. The quantitative estimate of drug-likeness (QED) is 0.568. The minimum atomic E-state index is 0.0544. The summed E-state index contributed by atoms with van der Waals surface area (Å²) in [7, 11) is 0. The molecule has 0 rings (SSSR count). The molecule has 0 aromatic carbocycles. The average molecular weight is 202 g/mol. The minimum Gasteiger partial charge on any atom is -0.381 e. The molecule has 0 heterocycles. The van der Waals surface area contributed by atoms with Crippen molar-refractivity contribution in [2.75, 3.05) is 19.8 Å². The van der Waals surface area contributed by atoms with Gasteiger partial charge in [0.15, 0.2) is 0 Å². The molecule has 0 saturated heterocycles.